The van der Waals surface area contributed by atoms with Crippen molar-refractivity contribution >= 4 is 23.8 Å². The first-order valence-corrected chi connectivity index (χ1v) is 7.61. The molecule has 2 heterocycles. The zero-order chi connectivity index (χ0) is 14.5. The molecular weight excluding hydrogens is 280 g/mol. The second-order valence-corrected chi connectivity index (χ2v) is 5.79. The van der Waals surface area contributed by atoms with Crippen molar-refractivity contribution in [3.8, 4) is 0 Å². The standard InChI is InChI=1S/C13H18N2O4S/c1-2-4-11-15(10(8-20-11)12(16)17)13(18)14-7-9-5-3-6-19-9/h3,5-6,10-11H,2,4,7-8H2,1H3,(H,14,18)(H,16,17). The van der Waals surface area contributed by atoms with Gasteiger partial charge in [0.2, 0.25) is 0 Å². The molecule has 0 spiro atoms. The van der Waals surface area contributed by atoms with Gasteiger partial charge < -0.3 is 14.8 Å². The van der Waals surface area contributed by atoms with E-state index in [1.54, 1.807) is 12.1 Å². The van der Waals surface area contributed by atoms with Crippen LogP contribution >= 0.6 is 11.8 Å². The average Bonchev–Trinajstić information content (AvgIpc) is 3.05. The molecule has 0 aromatic carbocycles. The number of thioether (sulfide) groups is 1. The zero-order valence-electron chi connectivity index (χ0n) is 11.2. The third-order valence-corrected chi connectivity index (χ3v) is 4.50. The molecule has 1 aromatic heterocycles. The minimum Gasteiger partial charge on any atom is -0.480 e. The van der Waals surface area contributed by atoms with Crippen LogP contribution in [0.25, 0.3) is 0 Å². The Morgan fingerprint density at radius 1 is 1.60 bits per heavy atom. The Bertz CT molecular complexity index is 463. The summed E-state index contributed by atoms with van der Waals surface area (Å²) in [6.07, 6.45) is 3.24. The van der Waals surface area contributed by atoms with Gasteiger partial charge in [0, 0.05) is 5.75 Å². The second-order valence-electron chi connectivity index (χ2n) is 4.58. The molecule has 2 rings (SSSR count). The van der Waals surface area contributed by atoms with Gasteiger partial charge in [-0.1, -0.05) is 13.3 Å². The van der Waals surface area contributed by atoms with Crippen molar-refractivity contribution in [3.63, 3.8) is 0 Å². The van der Waals surface area contributed by atoms with Crippen LogP contribution in [0.1, 0.15) is 25.5 Å². The summed E-state index contributed by atoms with van der Waals surface area (Å²) in [4.78, 5) is 24.9. The van der Waals surface area contributed by atoms with Crippen molar-refractivity contribution in [2.24, 2.45) is 0 Å². The van der Waals surface area contributed by atoms with E-state index in [9.17, 15) is 14.7 Å². The topological polar surface area (TPSA) is 82.8 Å². The van der Waals surface area contributed by atoms with Crippen LogP contribution < -0.4 is 5.32 Å². The zero-order valence-corrected chi connectivity index (χ0v) is 12.1. The number of furan rings is 1. The molecule has 2 unspecified atom stereocenters. The largest absolute Gasteiger partial charge is 0.480 e. The lowest BCUT2D eigenvalue weighted by Crippen LogP contribution is -2.49. The smallest absolute Gasteiger partial charge is 0.327 e. The highest BCUT2D eigenvalue weighted by molar-refractivity contribution is 8.00. The molecule has 20 heavy (non-hydrogen) atoms. The number of nitrogens with one attached hydrogen (secondary N) is 1. The second kappa shape index (κ2) is 6.69. The molecule has 0 radical (unpaired) electrons. The number of nitrogens with zero attached hydrogens (tertiary/aromatic N) is 1. The van der Waals surface area contributed by atoms with Gasteiger partial charge >= 0.3 is 12.0 Å². The van der Waals surface area contributed by atoms with Gasteiger partial charge in [0.25, 0.3) is 0 Å². The number of hydrogen-bond donors (Lipinski definition) is 2. The minimum atomic E-state index is -0.954. The summed E-state index contributed by atoms with van der Waals surface area (Å²) in [5.74, 6) is 0.127. The maximum absolute atomic E-state index is 12.2. The summed E-state index contributed by atoms with van der Waals surface area (Å²) in [5.41, 5.74) is 0. The number of rotatable bonds is 5. The molecule has 2 amide bonds. The molecule has 1 saturated heterocycles. The fraction of sp³-hybridized carbons (Fsp3) is 0.538. The molecule has 6 nitrogen and oxygen atoms in total. The Balaban J connectivity index is 2.00. The third kappa shape index (κ3) is 3.27. The number of hydrogen-bond acceptors (Lipinski definition) is 4. The number of urea groups is 1. The van der Waals surface area contributed by atoms with Gasteiger partial charge in [0.15, 0.2) is 0 Å². The van der Waals surface area contributed by atoms with E-state index in [1.807, 2.05) is 6.92 Å². The molecule has 1 aromatic rings. The normalized spacial score (nSPS) is 21.9. The first kappa shape index (κ1) is 14.8. The fourth-order valence-electron chi connectivity index (χ4n) is 2.16. The molecule has 7 heteroatoms. The van der Waals surface area contributed by atoms with Crippen LogP contribution in [-0.2, 0) is 11.3 Å². The van der Waals surface area contributed by atoms with Gasteiger partial charge in [0.05, 0.1) is 18.2 Å². The molecule has 0 aliphatic carbocycles. The van der Waals surface area contributed by atoms with Crippen molar-refractivity contribution in [2.45, 2.75) is 37.7 Å². The highest BCUT2D eigenvalue weighted by Gasteiger charge is 2.41. The predicted octanol–water partition coefficient (Wildman–Crippen LogP) is 2.12. The Kier molecular flexibility index (Phi) is 4.94. The lowest BCUT2D eigenvalue weighted by atomic mass is 10.2. The minimum absolute atomic E-state index is 0.0716. The van der Waals surface area contributed by atoms with Crippen LogP contribution in [0.4, 0.5) is 4.79 Å². The van der Waals surface area contributed by atoms with E-state index < -0.39 is 12.0 Å². The average molecular weight is 298 g/mol. The summed E-state index contributed by atoms with van der Waals surface area (Å²) >= 11 is 1.52. The summed E-state index contributed by atoms with van der Waals surface area (Å²) in [6, 6.07) is 2.40. The van der Waals surface area contributed by atoms with Crippen LogP contribution in [0, 0.1) is 0 Å². The Hall–Kier alpha value is -1.63. The van der Waals surface area contributed by atoms with Gasteiger partial charge in [-0.15, -0.1) is 11.8 Å². The maximum Gasteiger partial charge on any atom is 0.327 e. The summed E-state index contributed by atoms with van der Waals surface area (Å²) in [6.45, 7) is 2.28. The Morgan fingerprint density at radius 2 is 2.40 bits per heavy atom. The third-order valence-electron chi connectivity index (χ3n) is 3.14. The van der Waals surface area contributed by atoms with E-state index >= 15 is 0 Å². The van der Waals surface area contributed by atoms with E-state index in [-0.39, 0.29) is 17.9 Å². The van der Waals surface area contributed by atoms with Gasteiger partial charge in [-0.25, -0.2) is 9.59 Å². The van der Waals surface area contributed by atoms with Gasteiger partial charge in [0.1, 0.15) is 11.8 Å². The summed E-state index contributed by atoms with van der Waals surface area (Å²) in [7, 11) is 0. The van der Waals surface area contributed by atoms with Crippen molar-refractivity contribution in [3.05, 3.63) is 24.2 Å². The highest BCUT2D eigenvalue weighted by Crippen LogP contribution is 2.32. The number of carboxylic acids is 1. The Morgan fingerprint density at radius 3 is 3.00 bits per heavy atom. The molecule has 1 aliphatic rings. The lowest BCUT2D eigenvalue weighted by molar-refractivity contribution is -0.141. The maximum atomic E-state index is 12.2. The van der Waals surface area contributed by atoms with E-state index in [0.717, 1.165) is 12.8 Å². The first-order valence-electron chi connectivity index (χ1n) is 6.56. The van der Waals surface area contributed by atoms with Crippen LogP contribution in [-0.4, -0.2) is 39.2 Å². The highest BCUT2D eigenvalue weighted by atomic mass is 32.2. The molecule has 1 fully saturated rings. The number of carboxylic acid groups (broad SMARTS) is 1. The number of carbonyl (C=O) groups excluding carboxylic acids is 1. The van der Waals surface area contributed by atoms with Gasteiger partial charge in [-0.3, -0.25) is 4.90 Å². The van der Waals surface area contributed by atoms with E-state index in [0.29, 0.717) is 11.5 Å². The first-order chi connectivity index (χ1) is 9.63. The molecule has 0 saturated carbocycles. The van der Waals surface area contributed by atoms with Crippen molar-refractivity contribution in [1.29, 1.82) is 0 Å². The SMILES string of the molecule is CCCC1SCC(C(=O)O)N1C(=O)NCc1ccco1. The Labute approximate surface area is 121 Å². The van der Waals surface area contributed by atoms with E-state index in [1.165, 1.54) is 22.9 Å². The van der Waals surface area contributed by atoms with Crippen molar-refractivity contribution < 1.29 is 19.1 Å². The van der Waals surface area contributed by atoms with Crippen molar-refractivity contribution in [1.82, 2.24) is 10.2 Å². The molecule has 1 aliphatic heterocycles. The quantitative estimate of drug-likeness (QED) is 0.870. The summed E-state index contributed by atoms with van der Waals surface area (Å²) < 4.78 is 5.14. The van der Waals surface area contributed by atoms with Crippen LogP contribution in [0.2, 0.25) is 0 Å². The fourth-order valence-corrected chi connectivity index (χ4v) is 3.68. The number of carbonyl (C=O) groups is 2. The molecule has 2 atom stereocenters. The number of amides is 2. The monoisotopic (exact) mass is 298 g/mol. The molecule has 0 bridgehead atoms. The predicted molar refractivity (Wildman–Crippen MR) is 75.4 cm³/mol. The van der Waals surface area contributed by atoms with E-state index in [2.05, 4.69) is 5.32 Å². The molecular formula is C13H18N2O4S. The van der Waals surface area contributed by atoms with Crippen molar-refractivity contribution in [2.75, 3.05) is 5.75 Å². The van der Waals surface area contributed by atoms with Crippen LogP contribution in [0.5, 0.6) is 0 Å². The molecule has 110 valence electrons. The number of aliphatic carboxylic acids is 1. The van der Waals surface area contributed by atoms with Gasteiger partial charge in [-0.05, 0) is 18.6 Å². The van der Waals surface area contributed by atoms with Crippen LogP contribution in [0.15, 0.2) is 22.8 Å². The lowest BCUT2D eigenvalue weighted by Gasteiger charge is -2.27. The summed E-state index contributed by atoms with van der Waals surface area (Å²) in [5, 5.41) is 11.9. The van der Waals surface area contributed by atoms with E-state index in [4.69, 9.17) is 4.42 Å². The van der Waals surface area contributed by atoms with Gasteiger partial charge in [-0.2, -0.15) is 0 Å². The molecule has 2 N–H and O–H groups in total. The van der Waals surface area contributed by atoms with Crippen LogP contribution in [0.3, 0.4) is 0 Å².